The molecule has 6 aromatic carbocycles. The number of halogens is 3. The first-order valence-corrected chi connectivity index (χ1v) is 33.9. The largest absolute Gasteiger partial charge is 0.497 e. The van der Waals surface area contributed by atoms with Crippen LogP contribution >= 0.6 is 0 Å². The van der Waals surface area contributed by atoms with Crippen molar-refractivity contribution in [3.63, 3.8) is 0 Å². The van der Waals surface area contributed by atoms with Crippen LogP contribution in [-0.2, 0) is 19.6 Å². The molecule has 3 fully saturated rings. The average Bonchev–Trinajstić information content (AvgIpc) is 3.30. The number of hydrogen-bond acceptors (Lipinski definition) is 8. The fraction of sp³-hybridized carbons (Fsp3) is 0.487. The van der Waals surface area contributed by atoms with E-state index in [0.717, 1.165) is 113 Å². The number of urea groups is 3. The van der Waals surface area contributed by atoms with E-state index in [9.17, 15) is 27.6 Å². The van der Waals surface area contributed by atoms with E-state index in [1.165, 1.54) is 36.8 Å². The lowest BCUT2D eigenvalue weighted by Gasteiger charge is -2.40. The normalized spacial score (nSPS) is 16.1. The molecule has 0 radical (unpaired) electrons. The molecule has 9 rings (SSSR count). The summed E-state index contributed by atoms with van der Waals surface area (Å²) in [5.74, 6) is -2.00. The third-order valence-electron chi connectivity index (χ3n) is 18.9. The molecule has 14 nitrogen and oxygen atoms in total. The number of aryl methyl sites for hydroxylation is 1. The molecule has 17 heteroatoms. The van der Waals surface area contributed by atoms with Crippen molar-refractivity contribution in [2.45, 2.75) is 188 Å². The molecule has 0 aromatic heterocycles. The Hall–Kier alpha value is -7.60. The van der Waals surface area contributed by atoms with E-state index in [4.69, 9.17) is 9.47 Å². The second kappa shape index (κ2) is 37.3. The third kappa shape index (κ3) is 22.0. The number of benzene rings is 6. The molecular weight excluding hydrogens is 1180 g/mol. The van der Waals surface area contributed by atoms with Gasteiger partial charge in [0, 0.05) is 137 Å². The van der Waals surface area contributed by atoms with E-state index in [2.05, 4.69) is 121 Å². The number of piperidine rings is 3. The zero-order valence-electron chi connectivity index (χ0n) is 57.0. The highest BCUT2D eigenvalue weighted by atomic mass is 19.1. The summed E-state index contributed by atoms with van der Waals surface area (Å²) in [5.41, 5.74) is 6.51. The van der Waals surface area contributed by atoms with Crippen molar-refractivity contribution in [2.24, 2.45) is 0 Å². The van der Waals surface area contributed by atoms with Crippen molar-refractivity contribution in [3.8, 4) is 11.5 Å². The molecule has 3 N–H and O–H groups in total. The van der Waals surface area contributed by atoms with Crippen molar-refractivity contribution in [1.29, 1.82) is 0 Å². The Morgan fingerprint density at radius 2 is 0.817 bits per heavy atom. The van der Waals surface area contributed by atoms with Gasteiger partial charge >= 0.3 is 18.1 Å². The van der Waals surface area contributed by atoms with Gasteiger partial charge in [0.15, 0.2) is 11.6 Å². The van der Waals surface area contributed by atoms with Crippen molar-refractivity contribution in [1.82, 2.24) is 29.4 Å². The van der Waals surface area contributed by atoms with E-state index in [1.807, 2.05) is 95.9 Å². The molecule has 3 aliphatic heterocycles. The number of methoxy groups -OCH3 is 2. The molecule has 6 aromatic rings. The van der Waals surface area contributed by atoms with Crippen molar-refractivity contribution < 1.29 is 37.0 Å². The highest BCUT2D eigenvalue weighted by Crippen LogP contribution is 2.31. The van der Waals surface area contributed by atoms with E-state index in [1.54, 1.807) is 25.2 Å². The zero-order valence-corrected chi connectivity index (χ0v) is 57.0. The standard InChI is InChI=1S/C26H37N3O3.C26H37N3O.C24H30F3N3O/c1-5-9-20(2)28-14-12-23(13-15-28)29(19-21-10-7-6-8-11-21)26(30)27-22-16-24(31-3)18-25(17-22)32-4;1-5-10-21(3)28-17-15-24(16-18-28)29(19-23-12-7-6-8-13-23)26(30)27-25-14-9-11-20(2)22(25)4;1-3-7-17(2)29-12-10-20(11-13-29)30(16-18-8-5-4-6-9-18)24(31)28-23-21(26)14-19(25)15-22(23)27/h6-8,10-11,16-18,20,23H,5,9,12-15,19H2,1-4H3,(H,27,30);6-9,11-14,21,24H,5,10,15-19H2,1-4H3,(H,27,30);4-6,8-9,14-15,17,20H,3,7,10-13,16H2,1-2H3,(H,28,31). The summed E-state index contributed by atoms with van der Waals surface area (Å²) in [4.78, 5) is 53.2. The first kappa shape index (κ1) is 72.8. The number of likely N-dealkylation sites (tertiary alicyclic amines) is 3. The van der Waals surface area contributed by atoms with E-state index >= 15 is 0 Å². The highest BCUT2D eigenvalue weighted by molar-refractivity contribution is 5.91. The van der Waals surface area contributed by atoms with Crippen LogP contribution in [0.15, 0.2) is 140 Å². The van der Waals surface area contributed by atoms with Gasteiger partial charge in [-0.15, -0.1) is 0 Å². The van der Waals surface area contributed by atoms with Gasteiger partial charge in [0.2, 0.25) is 0 Å². The van der Waals surface area contributed by atoms with Crippen LogP contribution < -0.4 is 25.4 Å². The first-order chi connectivity index (χ1) is 44.9. The number of ether oxygens (including phenoxy) is 2. The number of amides is 6. The number of nitrogens with zero attached hydrogens (tertiary/aromatic N) is 6. The predicted octanol–water partition coefficient (Wildman–Crippen LogP) is 17.2. The fourth-order valence-electron chi connectivity index (χ4n) is 13.1. The number of carbonyl (C=O) groups excluding carboxylic acids is 3. The lowest BCUT2D eigenvalue weighted by Crippen LogP contribution is -2.50. The minimum atomic E-state index is -1.13. The summed E-state index contributed by atoms with van der Waals surface area (Å²) in [6, 6.07) is 44.1. The van der Waals surface area contributed by atoms with Crippen LogP contribution in [0.2, 0.25) is 0 Å². The molecule has 3 heterocycles. The SMILES string of the molecule is CCCC(C)N1CCC(N(Cc2ccccc2)C(=O)Nc2c(F)cc(F)cc2F)CC1.CCCC(C)N1CCC(N(Cc2ccccc2)C(=O)Nc2cc(OC)cc(OC)c2)CC1.CCCC(C)N1CCC(N(Cc2ccccc2)C(=O)Nc2cccc(C)c2C)CC1. The average molecular weight is 1280 g/mol. The summed E-state index contributed by atoms with van der Waals surface area (Å²) < 4.78 is 52.1. The molecule has 3 aliphatic rings. The number of carbonyl (C=O) groups is 3. The summed E-state index contributed by atoms with van der Waals surface area (Å²) in [5, 5.41) is 8.61. The van der Waals surface area contributed by atoms with Gasteiger partial charge in [0.05, 0.1) is 14.2 Å². The van der Waals surface area contributed by atoms with Gasteiger partial charge in [-0.05, 0) is 126 Å². The van der Waals surface area contributed by atoms with Crippen LogP contribution in [0.25, 0.3) is 0 Å². The Kier molecular flexibility index (Phi) is 29.2. The van der Waals surface area contributed by atoms with Gasteiger partial charge in [-0.25, -0.2) is 27.6 Å². The van der Waals surface area contributed by atoms with Gasteiger partial charge in [0.25, 0.3) is 0 Å². The van der Waals surface area contributed by atoms with Gasteiger partial charge < -0.3 is 54.8 Å². The lowest BCUT2D eigenvalue weighted by molar-refractivity contribution is 0.0986. The lowest BCUT2D eigenvalue weighted by atomic mass is 10.00. The molecule has 3 saturated heterocycles. The number of anilines is 3. The smallest absolute Gasteiger partial charge is 0.322 e. The molecular formula is C76H104F3N9O5. The molecule has 93 heavy (non-hydrogen) atoms. The minimum Gasteiger partial charge on any atom is -0.497 e. The number of hydrogen-bond donors (Lipinski definition) is 3. The molecule has 504 valence electrons. The maximum atomic E-state index is 14.1. The molecule has 6 amide bonds. The monoisotopic (exact) mass is 1280 g/mol. The molecule has 0 bridgehead atoms. The van der Waals surface area contributed by atoms with Crippen LogP contribution in [-0.4, -0.2) is 137 Å². The molecule has 3 unspecified atom stereocenters. The predicted molar refractivity (Wildman–Crippen MR) is 372 cm³/mol. The second-order valence-electron chi connectivity index (χ2n) is 25.4. The fourth-order valence-corrected chi connectivity index (χ4v) is 13.1. The van der Waals surface area contributed by atoms with Crippen LogP contribution in [0, 0.1) is 31.3 Å². The van der Waals surface area contributed by atoms with Gasteiger partial charge in [-0.3, -0.25) is 0 Å². The Balaban J connectivity index is 0.000000198. The van der Waals surface area contributed by atoms with E-state index in [0.29, 0.717) is 67.1 Å². The molecule has 0 saturated carbocycles. The maximum Gasteiger partial charge on any atom is 0.322 e. The third-order valence-corrected chi connectivity index (χ3v) is 18.9. The van der Waals surface area contributed by atoms with Gasteiger partial charge in [0.1, 0.15) is 23.0 Å². The summed E-state index contributed by atoms with van der Waals surface area (Å²) in [6.07, 6.45) is 12.7. The molecule has 3 atom stereocenters. The Bertz CT molecular complexity index is 3170. The van der Waals surface area contributed by atoms with Crippen LogP contribution in [0.5, 0.6) is 11.5 Å². The van der Waals surface area contributed by atoms with Crippen molar-refractivity contribution in [3.05, 3.63) is 185 Å². The quantitative estimate of drug-likeness (QED) is 0.0579. The minimum absolute atomic E-state index is 0.00705. The maximum absolute atomic E-state index is 14.1. The van der Waals surface area contributed by atoms with Crippen LogP contribution in [0.4, 0.5) is 44.6 Å². The van der Waals surface area contributed by atoms with Crippen molar-refractivity contribution in [2.75, 3.05) is 69.4 Å². The Morgan fingerprint density at radius 1 is 0.473 bits per heavy atom. The number of nitrogens with one attached hydrogen (secondary N) is 3. The molecule has 0 spiro atoms. The summed E-state index contributed by atoms with van der Waals surface area (Å²) in [6.45, 7) is 25.1. The first-order valence-electron chi connectivity index (χ1n) is 33.9. The van der Waals surface area contributed by atoms with Crippen LogP contribution in [0.3, 0.4) is 0 Å². The summed E-state index contributed by atoms with van der Waals surface area (Å²) in [7, 11) is 3.21. The Morgan fingerprint density at radius 3 is 1.16 bits per heavy atom. The van der Waals surface area contributed by atoms with Gasteiger partial charge in [-0.1, -0.05) is 143 Å². The highest BCUT2D eigenvalue weighted by Gasteiger charge is 2.34. The zero-order chi connectivity index (χ0) is 66.8. The van der Waals surface area contributed by atoms with Crippen molar-refractivity contribution >= 4 is 35.2 Å². The topological polar surface area (TPSA) is 125 Å². The Labute approximate surface area is 553 Å². The van der Waals surface area contributed by atoms with E-state index in [-0.39, 0.29) is 30.2 Å². The molecule has 0 aliphatic carbocycles. The van der Waals surface area contributed by atoms with Crippen LogP contribution in [0.1, 0.15) is 146 Å². The van der Waals surface area contributed by atoms with E-state index < -0.39 is 29.2 Å². The second-order valence-corrected chi connectivity index (χ2v) is 25.4. The number of rotatable bonds is 23. The van der Waals surface area contributed by atoms with Gasteiger partial charge in [-0.2, -0.15) is 0 Å². The summed E-state index contributed by atoms with van der Waals surface area (Å²) >= 11 is 0.